The molecule has 0 bridgehead atoms. The Bertz CT molecular complexity index is 3680. The predicted octanol–water partition coefficient (Wildman–Crippen LogP) is 15.3. The minimum atomic E-state index is -0.177. The van der Waals surface area contributed by atoms with E-state index in [0.29, 0.717) is 0 Å². The number of aromatic nitrogens is 1. The quantitative estimate of drug-likeness (QED) is 0.163. The molecule has 5 heterocycles. The molecule has 0 fully saturated rings. The van der Waals surface area contributed by atoms with Crippen LogP contribution in [0.4, 0.5) is 11.4 Å². The number of hydrogen-bond acceptors (Lipinski definition) is 3. The molecular weight excluding hydrogens is 791 g/mol. The lowest BCUT2D eigenvalue weighted by molar-refractivity contribution is 0.332. The van der Waals surface area contributed by atoms with Crippen LogP contribution < -0.4 is 15.7 Å². The minimum absolute atomic E-state index is 0.0123. The van der Waals surface area contributed by atoms with E-state index in [-0.39, 0.29) is 28.5 Å². The van der Waals surface area contributed by atoms with Crippen molar-refractivity contribution in [3.63, 3.8) is 0 Å². The molecule has 10 aromatic rings. The summed E-state index contributed by atoms with van der Waals surface area (Å²) in [5.41, 5.74) is 20.5. The molecule has 0 saturated carbocycles. The second-order valence-electron chi connectivity index (χ2n) is 22.8. The van der Waals surface area contributed by atoms with Gasteiger partial charge in [0.25, 0.3) is 0 Å². The molecule has 13 rings (SSSR count). The summed E-state index contributed by atoms with van der Waals surface area (Å²) >= 11 is 0. The van der Waals surface area contributed by atoms with Gasteiger partial charge >= 0.3 is 6.85 Å². The molecule has 0 atom stereocenters. The Morgan fingerprint density at radius 2 is 1.26 bits per heavy atom. The van der Waals surface area contributed by atoms with Gasteiger partial charge in [-0.1, -0.05) is 142 Å². The molecule has 2 aliphatic heterocycles. The Kier molecular flexibility index (Phi) is 7.59. The van der Waals surface area contributed by atoms with E-state index in [9.17, 15) is 0 Å². The third kappa shape index (κ3) is 5.33. The van der Waals surface area contributed by atoms with Gasteiger partial charge in [0.05, 0.1) is 11.0 Å². The first-order valence-corrected chi connectivity index (χ1v) is 23.7. The molecule has 0 radical (unpaired) electrons. The molecule has 4 nitrogen and oxygen atoms in total. The Hall–Kier alpha value is -6.46. The van der Waals surface area contributed by atoms with Gasteiger partial charge < -0.3 is 18.2 Å². The number of rotatable bonds is 2. The first-order valence-electron chi connectivity index (χ1n) is 23.7. The van der Waals surface area contributed by atoms with Gasteiger partial charge in [-0.3, -0.25) is 0 Å². The molecule has 0 unspecified atom stereocenters. The molecular formula is C60H55BN2O2. The normalized spacial score (nSPS) is 16.2. The van der Waals surface area contributed by atoms with Crippen LogP contribution in [0.2, 0.25) is 0 Å². The van der Waals surface area contributed by atoms with Crippen molar-refractivity contribution in [2.24, 2.45) is 0 Å². The van der Waals surface area contributed by atoms with Crippen LogP contribution in [-0.2, 0) is 21.7 Å². The number of furan rings is 2. The number of anilines is 2. The summed E-state index contributed by atoms with van der Waals surface area (Å²) in [5.74, 6) is 0.877. The van der Waals surface area contributed by atoms with E-state index in [0.717, 1.165) is 57.4 Å². The van der Waals surface area contributed by atoms with Crippen molar-refractivity contribution in [2.45, 2.75) is 104 Å². The zero-order valence-corrected chi connectivity index (χ0v) is 39.3. The third-order valence-corrected chi connectivity index (χ3v) is 15.7. The van der Waals surface area contributed by atoms with Crippen LogP contribution in [0.25, 0.3) is 82.9 Å². The van der Waals surface area contributed by atoms with Crippen molar-refractivity contribution >= 4 is 83.9 Å². The lowest BCUT2D eigenvalue weighted by Crippen LogP contribution is -2.60. The number of fused-ring (bicyclic) bond motifs is 15. The van der Waals surface area contributed by atoms with Crippen LogP contribution >= 0.6 is 0 Å². The molecule has 65 heavy (non-hydrogen) atoms. The average molecular weight is 847 g/mol. The highest BCUT2D eigenvalue weighted by molar-refractivity contribution is 6.94. The maximum atomic E-state index is 7.34. The molecule has 1 aliphatic carbocycles. The van der Waals surface area contributed by atoms with Crippen LogP contribution in [0.3, 0.4) is 0 Å². The highest BCUT2D eigenvalue weighted by atomic mass is 16.3. The minimum Gasteiger partial charge on any atom is -0.456 e. The summed E-state index contributed by atoms with van der Waals surface area (Å²) in [5, 5.41) is 5.97. The maximum absolute atomic E-state index is 7.34. The van der Waals surface area contributed by atoms with Crippen molar-refractivity contribution in [1.82, 2.24) is 4.57 Å². The standard InChI is InChI=1S/C60H55BN2O2/c1-57(2,3)36-20-23-38(24-21-36)63-46-32-43-42(59(7,8)26-27-60(43,9)10)31-41(46)53-54-55-51(52-39-18-14-15-19-48(39)65-56(52)53)40-30-37(58(4,5)6)22-25-45(40)62(55)47-33-50-35(28-44(47)61(54)63)29-49(64-50)34-16-12-11-13-17-34/h11-25,28-33H,26-27H2,1-10H3. The molecule has 5 heteroatoms. The average Bonchev–Trinajstić information content (AvgIpc) is 3.98. The predicted molar refractivity (Wildman–Crippen MR) is 275 cm³/mol. The third-order valence-electron chi connectivity index (χ3n) is 15.7. The first kappa shape index (κ1) is 39.0. The molecule has 0 saturated heterocycles. The summed E-state index contributed by atoms with van der Waals surface area (Å²) in [4.78, 5) is 2.70. The van der Waals surface area contributed by atoms with Gasteiger partial charge in [0.1, 0.15) is 22.5 Å². The maximum Gasteiger partial charge on any atom is 0.333 e. The van der Waals surface area contributed by atoms with Gasteiger partial charge in [0.15, 0.2) is 0 Å². The Morgan fingerprint density at radius 3 is 1.98 bits per heavy atom. The van der Waals surface area contributed by atoms with E-state index in [2.05, 4.69) is 206 Å². The largest absolute Gasteiger partial charge is 0.456 e. The SMILES string of the molecule is CC(C)(C)c1ccc(N2B3c4cc5cc(-c6ccccc6)oc5cc4-n4c5ccc(C(C)(C)C)cc5c5c6c(oc7ccccc76)c(c3c54)-c3cc4c(cc32)C(C)(C)CCC4(C)C)cc1. The zero-order chi connectivity index (χ0) is 44.7. The molecule has 0 spiro atoms. The zero-order valence-electron chi connectivity index (χ0n) is 39.3. The van der Waals surface area contributed by atoms with Gasteiger partial charge in [0.2, 0.25) is 0 Å². The van der Waals surface area contributed by atoms with Crippen LogP contribution in [-0.4, -0.2) is 11.4 Å². The summed E-state index contributed by atoms with van der Waals surface area (Å²) in [6.07, 6.45) is 2.28. The first-order chi connectivity index (χ1) is 31.0. The van der Waals surface area contributed by atoms with Crippen molar-refractivity contribution in [2.75, 3.05) is 4.81 Å². The second-order valence-corrected chi connectivity index (χ2v) is 22.8. The van der Waals surface area contributed by atoms with Crippen LogP contribution in [0.1, 0.15) is 104 Å². The fourth-order valence-corrected chi connectivity index (χ4v) is 12.0. The van der Waals surface area contributed by atoms with Crippen molar-refractivity contribution in [3.05, 3.63) is 150 Å². The monoisotopic (exact) mass is 846 g/mol. The molecule has 7 aromatic carbocycles. The number of hydrogen-bond donors (Lipinski definition) is 0. The van der Waals surface area contributed by atoms with Crippen LogP contribution in [0, 0.1) is 0 Å². The molecule has 3 aliphatic rings. The van der Waals surface area contributed by atoms with Gasteiger partial charge in [0, 0.05) is 66.8 Å². The summed E-state index contributed by atoms with van der Waals surface area (Å²) in [7, 11) is 0. The highest BCUT2D eigenvalue weighted by Gasteiger charge is 2.48. The van der Waals surface area contributed by atoms with Crippen LogP contribution in [0.5, 0.6) is 0 Å². The molecule has 0 N–H and O–H groups in total. The topological polar surface area (TPSA) is 34.5 Å². The summed E-state index contributed by atoms with van der Waals surface area (Å²) < 4.78 is 16.8. The summed E-state index contributed by atoms with van der Waals surface area (Å²) in [6, 6.07) is 48.1. The van der Waals surface area contributed by atoms with Gasteiger partial charge in [-0.15, -0.1) is 0 Å². The lowest BCUT2D eigenvalue weighted by Gasteiger charge is -2.46. The fraction of sp³-hybridized carbons (Fsp3) is 0.267. The van der Waals surface area contributed by atoms with Gasteiger partial charge in [-0.05, 0) is 116 Å². The molecule has 320 valence electrons. The van der Waals surface area contributed by atoms with Gasteiger partial charge in [-0.25, -0.2) is 0 Å². The van der Waals surface area contributed by atoms with E-state index in [4.69, 9.17) is 8.83 Å². The smallest absolute Gasteiger partial charge is 0.333 e. The van der Waals surface area contributed by atoms with E-state index in [1.54, 1.807) is 0 Å². The Labute approximate surface area is 382 Å². The molecule has 3 aromatic heterocycles. The lowest BCUT2D eigenvalue weighted by atomic mass is 9.43. The van der Waals surface area contributed by atoms with Crippen molar-refractivity contribution in [3.8, 4) is 28.1 Å². The number of benzene rings is 7. The van der Waals surface area contributed by atoms with E-state index < -0.39 is 0 Å². The van der Waals surface area contributed by atoms with E-state index in [1.807, 2.05) is 0 Å². The van der Waals surface area contributed by atoms with Crippen molar-refractivity contribution < 1.29 is 8.83 Å². The second kappa shape index (κ2) is 12.7. The number of para-hydroxylation sites is 1. The number of nitrogens with zero attached hydrogens (tertiary/aromatic N) is 2. The Morgan fingerprint density at radius 1 is 0.585 bits per heavy atom. The van der Waals surface area contributed by atoms with Gasteiger partial charge in [-0.2, -0.15) is 0 Å². The highest BCUT2D eigenvalue weighted by Crippen LogP contribution is 2.55. The van der Waals surface area contributed by atoms with E-state index in [1.165, 1.54) is 82.9 Å². The van der Waals surface area contributed by atoms with E-state index >= 15 is 0 Å². The Balaban J connectivity index is 1.26. The summed E-state index contributed by atoms with van der Waals surface area (Å²) in [6.45, 7) is 23.5. The van der Waals surface area contributed by atoms with Crippen LogP contribution in [0.15, 0.2) is 136 Å². The fourth-order valence-electron chi connectivity index (χ4n) is 12.0. The molecule has 0 amide bonds. The van der Waals surface area contributed by atoms with Crippen molar-refractivity contribution in [1.29, 1.82) is 0 Å².